The first kappa shape index (κ1) is 20.5. The van der Waals surface area contributed by atoms with Gasteiger partial charge < -0.3 is 15.4 Å². The zero-order valence-corrected chi connectivity index (χ0v) is 18.0. The summed E-state index contributed by atoms with van der Waals surface area (Å²) in [6.07, 6.45) is 3.75. The van der Waals surface area contributed by atoms with E-state index in [1.807, 2.05) is 20.8 Å². The highest BCUT2D eigenvalue weighted by Crippen LogP contribution is 2.58. The van der Waals surface area contributed by atoms with Crippen LogP contribution < -0.4 is 5.73 Å². The summed E-state index contributed by atoms with van der Waals surface area (Å²) in [5.74, 6) is 0.627. The third-order valence-electron chi connectivity index (χ3n) is 5.21. The van der Waals surface area contributed by atoms with Crippen molar-refractivity contribution < 1.29 is 17.9 Å². The number of nitrogens with two attached hydrogens (primary N) is 1. The molecule has 11 heteroatoms. The number of anilines is 1. The standard InChI is InChI=1S/C19H24N6O4S/c1-19(2,3)29-18(26)25-8-11-12(9-25)15(11)14-5-13(10-6-21-16(20)22-7-10)23-17(24-14)30(4,27)28/h5-7,11-12,15H,8-9H2,1-4H3,(H2,20,21,22)/t11-,12+,15+. The van der Waals surface area contributed by atoms with Crippen LogP contribution in [0.25, 0.3) is 11.3 Å². The van der Waals surface area contributed by atoms with Crippen LogP contribution in [-0.2, 0) is 14.6 Å². The van der Waals surface area contributed by atoms with E-state index in [4.69, 9.17) is 10.5 Å². The number of aromatic nitrogens is 4. The zero-order chi connectivity index (χ0) is 21.8. The molecule has 2 aliphatic rings. The lowest BCUT2D eigenvalue weighted by atomic mass is 10.1. The van der Waals surface area contributed by atoms with Crippen LogP contribution in [-0.4, -0.2) is 64.3 Å². The topological polar surface area (TPSA) is 141 Å². The van der Waals surface area contributed by atoms with Gasteiger partial charge in [-0.1, -0.05) is 0 Å². The average Bonchev–Trinajstić information content (AvgIpc) is 3.13. The van der Waals surface area contributed by atoms with Gasteiger partial charge in [-0.15, -0.1) is 0 Å². The molecule has 1 amide bonds. The third-order valence-corrected chi connectivity index (χ3v) is 6.06. The molecule has 1 aliphatic heterocycles. The van der Waals surface area contributed by atoms with E-state index in [2.05, 4.69) is 19.9 Å². The Morgan fingerprint density at radius 3 is 2.30 bits per heavy atom. The highest BCUT2D eigenvalue weighted by molar-refractivity contribution is 7.90. The fraction of sp³-hybridized carbons (Fsp3) is 0.526. The zero-order valence-electron chi connectivity index (χ0n) is 17.2. The molecular formula is C19H24N6O4S. The van der Waals surface area contributed by atoms with Crippen LogP contribution in [0.4, 0.5) is 10.7 Å². The van der Waals surface area contributed by atoms with Gasteiger partial charge in [0.25, 0.3) is 0 Å². The maximum Gasteiger partial charge on any atom is 0.410 e. The Hall–Kier alpha value is -2.82. The number of sulfone groups is 1. The van der Waals surface area contributed by atoms with E-state index in [1.165, 1.54) is 12.4 Å². The second-order valence-electron chi connectivity index (χ2n) is 8.80. The lowest BCUT2D eigenvalue weighted by Crippen LogP contribution is -2.36. The maximum atomic E-state index is 12.3. The summed E-state index contributed by atoms with van der Waals surface area (Å²) in [4.78, 5) is 30.4. The van der Waals surface area contributed by atoms with Gasteiger partial charge in [0, 0.05) is 48.9 Å². The largest absolute Gasteiger partial charge is 0.444 e. The number of fused-ring (bicyclic) bond motifs is 1. The van der Waals surface area contributed by atoms with Crippen LogP contribution in [0.2, 0.25) is 0 Å². The van der Waals surface area contributed by atoms with E-state index in [0.29, 0.717) is 30.0 Å². The number of amides is 1. The summed E-state index contributed by atoms with van der Waals surface area (Å²) in [5, 5.41) is -0.235. The van der Waals surface area contributed by atoms with Crippen molar-refractivity contribution in [1.82, 2.24) is 24.8 Å². The molecule has 160 valence electrons. The monoisotopic (exact) mass is 432 g/mol. The number of likely N-dealkylation sites (tertiary alicyclic amines) is 1. The Morgan fingerprint density at radius 1 is 1.17 bits per heavy atom. The summed E-state index contributed by atoms with van der Waals surface area (Å²) in [6.45, 7) is 6.62. The minimum absolute atomic E-state index is 0.0700. The van der Waals surface area contributed by atoms with E-state index >= 15 is 0 Å². The summed E-state index contributed by atoms with van der Waals surface area (Å²) in [6, 6.07) is 1.77. The van der Waals surface area contributed by atoms with E-state index in [1.54, 1.807) is 11.0 Å². The van der Waals surface area contributed by atoms with Gasteiger partial charge in [-0.3, -0.25) is 0 Å². The van der Waals surface area contributed by atoms with Crippen molar-refractivity contribution in [2.75, 3.05) is 25.1 Å². The van der Waals surface area contributed by atoms with E-state index < -0.39 is 15.4 Å². The highest BCUT2D eigenvalue weighted by Gasteiger charge is 2.58. The fourth-order valence-corrected chi connectivity index (χ4v) is 4.37. The lowest BCUT2D eigenvalue weighted by molar-refractivity contribution is 0.0270. The van der Waals surface area contributed by atoms with E-state index in [9.17, 15) is 13.2 Å². The first-order valence-electron chi connectivity index (χ1n) is 9.57. The molecule has 1 saturated heterocycles. The smallest absolute Gasteiger partial charge is 0.410 e. The Balaban J connectivity index is 1.58. The quantitative estimate of drug-likeness (QED) is 0.714. The average molecular weight is 433 g/mol. The molecule has 2 aromatic rings. The molecule has 0 unspecified atom stereocenters. The molecular weight excluding hydrogens is 408 g/mol. The molecule has 1 aliphatic carbocycles. The molecule has 0 aromatic carbocycles. The predicted octanol–water partition coefficient (Wildman–Crippen LogP) is 1.50. The van der Waals surface area contributed by atoms with Crippen molar-refractivity contribution in [3.05, 3.63) is 24.2 Å². The number of hydrogen-bond donors (Lipinski definition) is 1. The molecule has 3 atom stereocenters. The summed E-state index contributed by atoms with van der Waals surface area (Å²) >= 11 is 0. The number of carbonyl (C=O) groups is 1. The van der Waals surface area contributed by atoms with Crippen LogP contribution in [0.1, 0.15) is 32.4 Å². The van der Waals surface area contributed by atoms with Gasteiger partial charge in [0.2, 0.25) is 20.9 Å². The Labute approximate surface area is 174 Å². The lowest BCUT2D eigenvalue weighted by Gasteiger charge is -2.25. The van der Waals surface area contributed by atoms with Gasteiger partial charge in [-0.2, -0.15) is 0 Å². The molecule has 0 spiro atoms. The predicted molar refractivity (Wildman–Crippen MR) is 108 cm³/mol. The van der Waals surface area contributed by atoms with Crippen molar-refractivity contribution in [2.45, 2.75) is 37.4 Å². The Morgan fingerprint density at radius 2 is 1.77 bits per heavy atom. The minimum Gasteiger partial charge on any atom is -0.444 e. The molecule has 2 fully saturated rings. The summed E-state index contributed by atoms with van der Waals surface area (Å²) in [7, 11) is -3.61. The molecule has 10 nitrogen and oxygen atoms in total. The third kappa shape index (κ3) is 4.07. The maximum absolute atomic E-state index is 12.3. The van der Waals surface area contributed by atoms with Crippen LogP contribution >= 0.6 is 0 Å². The Bertz CT molecular complexity index is 1080. The van der Waals surface area contributed by atoms with Crippen LogP contribution in [0.15, 0.2) is 23.6 Å². The molecule has 2 aromatic heterocycles. The van der Waals surface area contributed by atoms with Crippen molar-refractivity contribution in [3.63, 3.8) is 0 Å². The number of ether oxygens (including phenoxy) is 1. The van der Waals surface area contributed by atoms with Gasteiger partial charge in [-0.05, 0) is 38.7 Å². The van der Waals surface area contributed by atoms with E-state index in [0.717, 1.165) is 6.26 Å². The van der Waals surface area contributed by atoms with Crippen molar-refractivity contribution in [2.24, 2.45) is 11.8 Å². The van der Waals surface area contributed by atoms with Crippen molar-refractivity contribution in [1.29, 1.82) is 0 Å². The number of piperidine rings is 1. The molecule has 3 heterocycles. The minimum atomic E-state index is -3.61. The molecule has 30 heavy (non-hydrogen) atoms. The van der Waals surface area contributed by atoms with Gasteiger partial charge in [0.15, 0.2) is 0 Å². The van der Waals surface area contributed by atoms with E-state index in [-0.39, 0.29) is 35.0 Å². The SMILES string of the molecule is CC(C)(C)OC(=O)N1C[C@@H]2[C@H](C1)[C@H]2c1cc(-c2cnc(N)nc2)nc(S(C)(=O)=O)n1. The molecule has 1 saturated carbocycles. The van der Waals surface area contributed by atoms with Gasteiger partial charge in [0.05, 0.1) is 5.69 Å². The van der Waals surface area contributed by atoms with Gasteiger partial charge >= 0.3 is 6.09 Å². The molecule has 2 N–H and O–H groups in total. The number of rotatable bonds is 3. The Kier molecular flexibility index (Phi) is 4.68. The second-order valence-corrected chi connectivity index (χ2v) is 10.7. The van der Waals surface area contributed by atoms with Gasteiger partial charge in [0.1, 0.15) is 5.60 Å². The number of hydrogen-bond acceptors (Lipinski definition) is 9. The van der Waals surface area contributed by atoms with Crippen molar-refractivity contribution in [3.8, 4) is 11.3 Å². The molecule has 4 rings (SSSR count). The van der Waals surface area contributed by atoms with Gasteiger partial charge in [-0.25, -0.2) is 33.1 Å². The number of nitrogen functional groups attached to an aromatic ring is 1. The summed E-state index contributed by atoms with van der Waals surface area (Å²) in [5.41, 5.74) is 6.62. The fourth-order valence-electron chi connectivity index (χ4n) is 3.84. The number of carbonyl (C=O) groups excluding carboxylic acids is 1. The van der Waals surface area contributed by atoms with Crippen LogP contribution in [0.5, 0.6) is 0 Å². The molecule has 0 bridgehead atoms. The van der Waals surface area contributed by atoms with Crippen LogP contribution in [0, 0.1) is 11.8 Å². The first-order valence-corrected chi connectivity index (χ1v) is 11.5. The first-order chi connectivity index (χ1) is 13.9. The second kappa shape index (κ2) is 6.86. The summed E-state index contributed by atoms with van der Waals surface area (Å²) < 4.78 is 29.7. The highest BCUT2D eigenvalue weighted by atomic mass is 32.2. The van der Waals surface area contributed by atoms with Crippen molar-refractivity contribution >= 4 is 21.9 Å². The normalized spacial score (nSPS) is 23.2. The van der Waals surface area contributed by atoms with Crippen LogP contribution in [0.3, 0.4) is 0 Å². The number of nitrogens with zero attached hydrogens (tertiary/aromatic N) is 5. The molecule has 0 radical (unpaired) electrons.